The van der Waals surface area contributed by atoms with Crippen molar-refractivity contribution in [2.45, 2.75) is 19.4 Å². The lowest BCUT2D eigenvalue weighted by Crippen LogP contribution is -2.39. The minimum Gasteiger partial charge on any atom is -0.309 e. The monoisotopic (exact) mass is 322 g/mol. The molecule has 0 aliphatic carbocycles. The molecule has 0 saturated carbocycles. The highest BCUT2D eigenvalue weighted by Crippen LogP contribution is 2.17. The van der Waals surface area contributed by atoms with Gasteiger partial charge in [-0.1, -0.05) is 30.3 Å². The van der Waals surface area contributed by atoms with Crippen LogP contribution in [0.2, 0.25) is 0 Å². The Morgan fingerprint density at radius 3 is 2.67 bits per heavy atom. The van der Waals surface area contributed by atoms with Crippen LogP contribution in [0.5, 0.6) is 0 Å². The summed E-state index contributed by atoms with van der Waals surface area (Å²) in [6.07, 6.45) is 3.92. The standard InChI is InChI=1S/C18H18N4O2/c1-21(15-8-5-11-19-12-15)18(24)16-9-10-17(23)22(20-16)13-14-6-3-2-4-7-14/h2-8,11-12H,9-10,13H2,1H3. The van der Waals surface area contributed by atoms with Gasteiger partial charge in [0.2, 0.25) is 5.91 Å². The number of hydrogen-bond donors (Lipinski definition) is 0. The highest BCUT2D eigenvalue weighted by molar-refractivity contribution is 6.44. The molecule has 0 radical (unpaired) electrons. The van der Waals surface area contributed by atoms with E-state index in [1.165, 1.54) is 9.91 Å². The van der Waals surface area contributed by atoms with E-state index in [9.17, 15) is 9.59 Å². The predicted molar refractivity (Wildman–Crippen MR) is 91.3 cm³/mol. The number of rotatable bonds is 4. The zero-order chi connectivity index (χ0) is 16.9. The lowest BCUT2D eigenvalue weighted by atomic mass is 10.1. The normalized spacial score (nSPS) is 14.3. The molecule has 2 aromatic rings. The van der Waals surface area contributed by atoms with E-state index < -0.39 is 0 Å². The van der Waals surface area contributed by atoms with Crippen LogP contribution in [0.25, 0.3) is 0 Å². The molecule has 0 saturated heterocycles. The van der Waals surface area contributed by atoms with Crippen LogP contribution in [0, 0.1) is 0 Å². The second-order valence-electron chi connectivity index (χ2n) is 5.56. The Kier molecular flexibility index (Phi) is 4.65. The number of nitrogens with zero attached hydrogens (tertiary/aromatic N) is 4. The molecule has 0 fully saturated rings. The fourth-order valence-electron chi connectivity index (χ4n) is 2.50. The Labute approximate surface area is 140 Å². The van der Waals surface area contributed by atoms with Crippen LogP contribution in [0.3, 0.4) is 0 Å². The van der Waals surface area contributed by atoms with E-state index in [0.29, 0.717) is 24.4 Å². The van der Waals surface area contributed by atoms with Gasteiger partial charge in [-0.3, -0.25) is 14.6 Å². The van der Waals surface area contributed by atoms with Gasteiger partial charge in [-0.25, -0.2) is 5.01 Å². The number of carbonyl (C=O) groups excluding carboxylic acids is 2. The first kappa shape index (κ1) is 15.9. The summed E-state index contributed by atoms with van der Waals surface area (Å²) >= 11 is 0. The number of aromatic nitrogens is 1. The second-order valence-corrected chi connectivity index (χ2v) is 5.56. The number of amides is 2. The maximum absolute atomic E-state index is 12.6. The maximum Gasteiger partial charge on any atom is 0.274 e. The Hall–Kier alpha value is -3.02. The molecule has 122 valence electrons. The van der Waals surface area contributed by atoms with E-state index in [4.69, 9.17) is 0 Å². The minimum atomic E-state index is -0.214. The van der Waals surface area contributed by atoms with Crippen molar-refractivity contribution in [1.29, 1.82) is 0 Å². The van der Waals surface area contributed by atoms with Crippen molar-refractivity contribution in [3.05, 3.63) is 60.4 Å². The Balaban J connectivity index is 1.78. The van der Waals surface area contributed by atoms with Gasteiger partial charge in [0, 0.05) is 26.1 Å². The van der Waals surface area contributed by atoms with Crippen molar-refractivity contribution < 1.29 is 9.59 Å². The molecule has 2 heterocycles. The van der Waals surface area contributed by atoms with Crippen LogP contribution < -0.4 is 4.90 Å². The van der Waals surface area contributed by atoms with Crippen molar-refractivity contribution in [2.24, 2.45) is 5.10 Å². The van der Waals surface area contributed by atoms with Gasteiger partial charge in [-0.05, 0) is 17.7 Å². The van der Waals surface area contributed by atoms with Crippen LogP contribution in [0.4, 0.5) is 5.69 Å². The van der Waals surface area contributed by atoms with E-state index in [-0.39, 0.29) is 18.2 Å². The third-order valence-corrected chi connectivity index (χ3v) is 3.86. The predicted octanol–water partition coefficient (Wildman–Crippen LogP) is 2.22. The number of hydrogen-bond acceptors (Lipinski definition) is 4. The third kappa shape index (κ3) is 3.48. The third-order valence-electron chi connectivity index (χ3n) is 3.86. The molecule has 1 aromatic carbocycles. The topological polar surface area (TPSA) is 65.9 Å². The molecule has 24 heavy (non-hydrogen) atoms. The van der Waals surface area contributed by atoms with E-state index in [0.717, 1.165) is 5.56 Å². The van der Waals surface area contributed by atoms with Crippen LogP contribution >= 0.6 is 0 Å². The van der Waals surface area contributed by atoms with Gasteiger partial charge in [-0.2, -0.15) is 5.10 Å². The number of carbonyl (C=O) groups is 2. The van der Waals surface area contributed by atoms with Crippen LogP contribution in [0.1, 0.15) is 18.4 Å². The second kappa shape index (κ2) is 7.04. The highest BCUT2D eigenvalue weighted by atomic mass is 16.2. The molecule has 6 heteroatoms. The summed E-state index contributed by atoms with van der Waals surface area (Å²) in [5.41, 5.74) is 2.05. The van der Waals surface area contributed by atoms with Crippen molar-refractivity contribution in [2.75, 3.05) is 11.9 Å². The molecule has 0 bridgehead atoms. The first-order valence-corrected chi connectivity index (χ1v) is 7.75. The molecular weight excluding hydrogens is 304 g/mol. The fraction of sp³-hybridized carbons (Fsp3) is 0.222. The van der Waals surface area contributed by atoms with Gasteiger partial charge in [0.05, 0.1) is 18.4 Å². The van der Waals surface area contributed by atoms with Gasteiger partial charge in [0.1, 0.15) is 5.71 Å². The summed E-state index contributed by atoms with van der Waals surface area (Å²) in [5.74, 6) is -0.284. The molecule has 1 aliphatic heterocycles. The SMILES string of the molecule is CN(C(=O)C1=NN(Cc2ccccc2)C(=O)CC1)c1cccnc1. The first-order chi connectivity index (χ1) is 11.6. The summed E-state index contributed by atoms with van der Waals surface area (Å²) in [6.45, 7) is 0.368. The van der Waals surface area contributed by atoms with Crippen molar-refractivity contribution in [1.82, 2.24) is 9.99 Å². The summed E-state index contributed by atoms with van der Waals surface area (Å²) in [7, 11) is 1.68. The molecule has 2 amide bonds. The van der Waals surface area contributed by atoms with Gasteiger partial charge in [-0.15, -0.1) is 0 Å². The number of benzene rings is 1. The van der Waals surface area contributed by atoms with Crippen LogP contribution in [-0.2, 0) is 16.1 Å². The van der Waals surface area contributed by atoms with Crippen molar-refractivity contribution in [3.63, 3.8) is 0 Å². The molecule has 1 aliphatic rings. The molecule has 3 rings (SSSR count). The Morgan fingerprint density at radius 1 is 1.17 bits per heavy atom. The van der Waals surface area contributed by atoms with Gasteiger partial charge in [0.15, 0.2) is 0 Å². The van der Waals surface area contributed by atoms with Gasteiger partial charge >= 0.3 is 0 Å². The van der Waals surface area contributed by atoms with Crippen LogP contribution in [0.15, 0.2) is 60.0 Å². The molecule has 0 spiro atoms. The average molecular weight is 322 g/mol. The molecule has 0 N–H and O–H groups in total. The fourth-order valence-corrected chi connectivity index (χ4v) is 2.50. The Bertz CT molecular complexity index is 759. The van der Waals surface area contributed by atoms with Gasteiger partial charge < -0.3 is 4.90 Å². The summed E-state index contributed by atoms with van der Waals surface area (Å²) in [6, 6.07) is 13.2. The molecule has 0 unspecified atom stereocenters. The molecule has 6 nitrogen and oxygen atoms in total. The van der Waals surface area contributed by atoms with Crippen LogP contribution in [-0.4, -0.2) is 34.6 Å². The average Bonchev–Trinajstić information content (AvgIpc) is 2.64. The molecule has 1 aromatic heterocycles. The van der Waals surface area contributed by atoms with E-state index >= 15 is 0 Å². The number of hydrazone groups is 1. The largest absolute Gasteiger partial charge is 0.309 e. The van der Waals surface area contributed by atoms with Crippen molar-refractivity contribution in [3.8, 4) is 0 Å². The number of pyridine rings is 1. The van der Waals surface area contributed by atoms with E-state index in [1.54, 1.807) is 31.6 Å². The van der Waals surface area contributed by atoms with Crippen molar-refractivity contribution >= 4 is 23.2 Å². The zero-order valence-corrected chi connectivity index (χ0v) is 13.4. The van der Waals surface area contributed by atoms with E-state index in [1.807, 2.05) is 30.3 Å². The highest BCUT2D eigenvalue weighted by Gasteiger charge is 2.26. The first-order valence-electron chi connectivity index (χ1n) is 7.75. The Morgan fingerprint density at radius 2 is 1.96 bits per heavy atom. The summed E-state index contributed by atoms with van der Waals surface area (Å²) in [4.78, 5) is 30.2. The lowest BCUT2D eigenvalue weighted by Gasteiger charge is -2.25. The number of anilines is 1. The maximum atomic E-state index is 12.6. The summed E-state index contributed by atoms with van der Waals surface area (Å²) in [5, 5.41) is 5.67. The minimum absolute atomic E-state index is 0.0700. The molecular formula is C18H18N4O2. The zero-order valence-electron chi connectivity index (χ0n) is 13.4. The quantitative estimate of drug-likeness (QED) is 0.867. The smallest absolute Gasteiger partial charge is 0.274 e. The molecule has 0 atom stereocenters. The summed E-state index contributed by atoms with van der Waals surface area (Å²) < 4.78 is 0. The van der Waals surface area contributed by atoms with E-state index in [2.05, 4.69) is 10.1 Å². The van der Waals surface area contributed by atoms with Gasteiger partial charge in [0.25, 0.3) is 5.91 Å². The lowest BCUT2D eigenvalue weighted by molar-refractivity contribution is -0.132.